The van der Waals surface area contributed by atoms with Crippen molar-refractivity contribution in [3.8, 4) is 0 Å². The number of rotatable bonds is 16. The average molecular weight is 542 g/mol. The maximum absolute atomic E-state index is 2.79. The Hall–Kier alpha value is 0.278. The summed E-state index contributed by atoms with van der Waals surface area (Å²) in [6, 6.07) is 11.4. The molecule has 0 saturated carbocycles. The predicted octanol–water partition coefficient (Wildman–Crippen LogP) is 7.87. The first kappa shape index (κ1) is 25.3. The number of hydrogen-bond donors (Lipinski definition) is 0. The van der Waals surface area contributed by atoms with Crippen molar-refractivity contribution in [3.05, 3.63) is 38.9 Å². The Morgan fingerprint density at radius 2 is 1.26 bits per heavy atom. The van der Waals surface area contributed by atoms with E-state index in [1.165, 1.54) is 64.2 Å². The molecule has 0 aliphatic heterocycles. The Labute approximate surface area is 181 Å². The van der Waals surface area contributed by atoms with Gasteiger partial charge in [-0.05, 0) is 0 Å². The van der Waals surface area contributed by atoms with E-state index in [-0.39, 0.29) is 0 Å². The van der Waals surface area contributed by atoms with Gasteiger partial charge in [0.05, 0.1) is 0 Å². The van der Waals surface area contributed by atoms with Crippen LogP contribution in [-0.2, 0) is 0 Å². The van der Waals surface area contributed by atoms with Gasteiger partial charge in [-0.15, -0.1) is 0 Å². The molecular weight excluding hydrogens is 498 g/mol. The molecule has 0 nitrogen and oxygen atoms in total. The van der Waals surface area contributed by atoms with E-state index in [1.54, 1.807) is 17.8 Å². The van der Waals surface area contributed by atoms with Gasteiger partial charge < -0.3 is 0 Å². The third kappa shape index (κ3) is 10.0. The van der Waals surface area contributed by atoms with Crippen LogP contribution in [-0.4, -0.2) is 33.3 Å². The Bertz CT molecular complexity index is 473. The summed E-state index contributed by atoms with van der Waals surface area (Å²) in [5, 5.41) is 0. The molecule has 0 aliphatic rings. The van der Waals surface area contributed by atoms with Crippen molar-refractivity contribution in [2.45, 2.75) is 105 Å². The molecule has 154 valence electrons. The zero-order chi connectivity index (χ0) is 19.8. The van der Waals surface area contributed by atoms with Crippen molar-refractivity contribution in [1.82, 2.24) is 0 Å². The van der Waals surface area contributed by atoms with Gasteiger partial charge in [0.2, 0.25) is 0 Å². The fourth-order valence-electron chi connectivity index (χ4n) is 3.90. The molecule has 0 aromatic heterocycles. The first-order chi connectivity index (χ1) is 13.2. The summed E-state index contributed by atoms with van der Waals surface area (Å²) in [6.45, 7) is 9.50. The molecular formula is C25H44SeSn. The van der Waals surface area contributed by atoms with Crippen LogP contribution >= 0.6 is 0 Å². The predicted molar refractivity (Wildman–Crippen MR) is 129 cm³/mol. The SMILES string of the molecule is CCCCC/C=[C](\[Se]c1ccccc1)[Sn]([CH2]CCC)([CH2]CCC)[CH2]CCC. The van der Waals surface area contributed by atoms with Crippen molar-refractivity contribution < 1.29 is 0 Å². The normalized spacial score (nSPS) is 12.5. The zero-order valence-electron chi connectivity index (χ0n) is 18.6. The molecule has 0 spiro atoms. The summed E-state index contributed by atoms with van der Waals surface area (Å²) >= 11 is -1.70. The first-order valence-corrected chi connectivity index (χ1v) is 20.8. The van der Waals surface area contributed by atoms with Gasteiger partial charge in [0.1, 0.15) is 0 Å². The molecule has 0 N–H and O–H groups in total. The second-order valence-electron chi connectivity index (χ2n) is 8.07. The number of hydrogen-bond acceptors (Lipinski definition) is 0. The van der Waals surface area contributed by atoms with E-state index in [2.05, 4.69) is 64.1 Å². The van der Waals surface area contributed by atoms with Crippen molar-refractivity contribution in [2.24, 2.45) is 0 Å². The molecule has 1 aromatic carbocycles. The van der Waals surface area contributed by atoms with E-state index in [4.69, 9.17) is 0 Å². The second-order valence-corrected chi connectivity index (χ2v) is 25.9. The molecule has 0 aliphatic carbocycles. The van der Waals surface area contributed by atoms with Gasteiger partial charge in [0.25, 0.3) is 0 Å². The van der Waals surface area contributed by atoms with Gasteiger partial charge in [-0.2, -0.15) is 0 Å². The van der Waals surface area contributed by atoms with E-state index in [1.807, 2.05) is 2.49 Å². The topological polar surface area (TPSA) is 0 Å². The first-order valence-electron chi connectivity index (χ1n) is 11.7. The summed E-state index contributed by atoms with van der Waals surface area (Å²) in [7, 11) is 0. The molecule has 0 saturated heterocycles. The van der Waals surface area contributed by atoms with Crippen LogP contribution in [0.5, 0.6) is 0 Å². The quantitative estimate of drug-likeness (QED) is 0.147. The third-order valence-electron chi connectivity index (χ3n) is 5.66. The summed E-state index contributed by atoms with van der Waals surface area (Å²) in [5.74, 6) is 0. The Morgan fingerprint density at radius 3 is 1.74 bits per heavy atom. The molecule has 2 heteroatoms. The van der Waals surface area contributed by atoms with Gasteiger partial charge in [-0.1, -0.05) is 0 Å². The van der Waals surface area contributed by atoms with Crippen LogP contribution in [0, 0.1) is 0 Å². The fraction of sp³-hybridized carbons (Fsp3) is 0.680. The standard InChI is InChI=1S/C13H17Se.3C4H9.Sn/c1-2-3-4-5-9-12-14-13-10-7-6-8-11-13;3*1-3-4-2;/h6-11H,2-5H2,1H3;3*1,3-4H2,2H3;. The van der Waals surface area contributed by atoms with Crippen LogP contribution in [0.25, 0.3) is 0 Å². The molecule has 1 rings (SSSR count). The van der Waals surface area contributed by atoms with Crippen LogP contribution in [0.1, 0.15) is 91.9 Å². The molecule has 0 bridgehead atoms. The van der Waals surface area contributed by atoms with Gasteiger partial charge in [-0.25, -0.2) is 0 Å². The van der Waals surface area contributed by atoms with Gasteiger partial charge in [0.15, 0.2) is 0 Å². The summed E-state index contributed by atoms with van der Waals surface area (Å²) in [5.41, 5.74) is 0. The van der Waals surface area contributed by atoms with Gasteiger partial charge in [-0.3, -0.25) is 0 Å². The molecule has 1 aromatic rings. The molecule has 0 fully saturated rings. The summed E-state index contributed by atoms with van der Waals surface area (Å²) in [4.78, 5) is 0. The minimum absolute atomic E-state index is 0.568. The number of benzene rings is 1. The second kappa shape index (κ2) is 16.1. The molecule has 0 radical (unpaired) electrons. The summed E-state index contributed by atoms with van der Waals surface area (Å²) in [6.07, 6.45) is 16.8. The van der Waals surface area contributed by atoms with Gasteiger partial charge >= 0.3 is 182 Å². The van der Waals surface area contributed by atoms with Crippen LogP contribution in [0.3, 0.4) is 0 Å². The Morgan fingerprint density at radius 1 is 0.741 bits per heavy atom. The molecule has 0 atom stereocenters. The van der Waals surface area contributed by atoms with Crippen LogP contribution in [0.4, 0.5) is 0 Å². The monoisotopic (exact) mass is 544 g/mol. The van der Waals surface area contributed by atoms with Crippen molar-refractivity contribution in [3.63, 3.8) is 0 Å². The summed E-state index contributed by atoms with van der Waals surface area (Å²) < 4.78 is 8.48. The zero-order valence-corrected chi connectivity index (χ0v) is 23.1. The van der Waals surface area contributed by atoms with E-state index in [0.29, 0.717) is 15.0 Å². The van der Waals surface area contributed by atoms with Crippen molar-refractivity contribution >= 4 is 37.8 Å². The number of unbranched alkanes of at least 4 members (excludes halogenated alkanes) is 6. The van der Waals surface area contributed by atoms with Gasteiger partial charge in [0, 0.05) is 0 Å². The van der Waals surface area contributed by atoms with E-state index >= 15 is 0 Å². The minimum atomic E-state index is -2.27. The van der Waals surface area contributed by atoms with E-state index < -0.39 is 18.4 Å². The molecule has 0 unspecified atom stereocenters. The van der Waals surface area contributed by atoms with E-state index in [0.717, 1.165) is 0 Å². The van der Waals surface area contributed by atoms with Crippen molar-refractivity contribution in [1.29, 1.82) is 0 Å². The Balaban J connectivity index is 3.16. The van der Waals surface area contributed by atoms with Crippen LogP contribution in [0.15, 0.2) is 38.9 Å². The van der Waals surface area contributed by atoms with Crippen LogP contribution in [0.2, 0.25) is 13.3 Å². The van der Waals surface area contributed by atoms with Crippen LogP contribution < -0.4 is 4.46 Å². The van der Waals surface area contributed by atoms with Crippen molar-refractivity contribution in [2.75, 3.05) is 0 Å². The fourth-order valence-corrected chi connectivity index (χ4v) is 29.9. The number of allylic oxidation sites excluding steroid dienone is 1. The van der Waals surface area contributed by atoms with E-state index in [9.17, 15) is 0 Å². The molecule has 27 heavy (non-hydrogen) atoms. The third-order valence-corrected chi connectivity index (χ3v) is 29.9. The average Bonchev–Trinajstić information content (AvgIpc) is 2.71. The maximum atomic E-state index is 2.79. The molecule has 0 heterocycles. The Kier molecular flexibility index (Phi) is 15.1. The molecule has 0 amide bonds.